The molecule has 38 heavy (non-hydrogen) atoms. The van der Waals surface area contributed by atoms with Crippen molar-refractivity contribution >= 4 is 73.9 Å². The number of rotatable bonds is 10. The summed E-state index contributed by atoms with van der Waals surface area (Å²) >= 11 is 25.0. The molecule has 1 atom stereocenters. The van der Waals surface area contributed by atoms with Crippen LogP contribution < -0.4 is 9.62 Å². The topological polar surface area (TPSA) is 86.8 Å². The second kappa shape index (κ2) is 13.0. The minimum absolute atomic E-state index is 0.0312. The van der Waals surface area contributed by atoms with Crippen LogP contribution in [0.5, 0.6) is 0 Å². The summed E-state index contributed by atoms with van der Waals surface area (Å²) in [7, 11) is -4.23. The van der Waals surface area contributed by atoms with E-state index >= 15 is 0 Å². The van der Waals surface area contributed by atoms with Crippen LogP contribution in [0.1, 0.15) is 19.4 Å². The first-order valence-corrected chi connectivity index (χ1v) is 14.5. The molecule has 0 aromatic heterocycles. The van der Waals surface area contributed by atoms with Gasteiger partial charge >= 0.3 is 0 Å². The van der Waals surface area contributed by atoms with Crippen LogP contribution in [0.3, 0.4) is 0 Å². The van der Waals surface area contributed by atoms with Gasteiger partial charge in [-0.3, -0.25) is 13.9 Å². The maximum atomic E-state index is 13.8. The third kappa shape index (κ3) is 6.93. The minimum Gasteiger partial charge on any atom is -0.355 e. The van der Waals surface area contributed by atoms with Gasteiger partial charge in [0.25, 0.3) is 10.0 Å². The Morgan fingerprint density at radius 1 is 0.868 bits per heavy atom. The number of nitrogens with one attached hydrogen (secondary N) is 1. The molecule has 0 aliphatic heterocycles. The van der Waals surface area contributed by atoms with Crippen LogP contribution in [0.2, 0.25) is 20.1 Å². The molecule has 3 aromatic carbocycles. The second-order valence-corrected chi connectivity index (χ2v) is 11.7. The monoisotopic (exact) mass is 615 g/mol. The lowest BCUT2D eigenvalue weighted by Gasteiger charge is -2.32. The molecule has 3 aromatic rings. The summed E-state index contributed by atoms with van der Waals surface area (Å²) in [6.07, 6.45) is 0. The number of halogens is 4. The van der Waals surface area contributed by atoms with Crippen molar-refractivity contribution in [3.05, 3.63) is 92.4 Å². The van der Waals surface area contributed by atoms with E-state index in [0.29, 0.717) is 22.2 Å². The smallest absolute Gasteiger partial charge is 0.264 e. The van der Waals surface area contributed by atoms with Gasteiger partial charge in [0, 0.05) is 28.7 Å². The Hall–Kier alpha value is -2.49. The Morgan fingerprint density at radius 3 is 2.08 bits per heavy atom. The largest absolute Gasteiger partial charge is 0.355 e. The van der Waals surface area contributed by atoms with Gasteiger partial charge in [-0.2, -0.15) is 0 Å². The van der Waals surface area contributed by atoms with Crippen molar-refractivity contribution in [3.8, 4) is 0 Å². The fourth-order valence-corrected chi connectivity index (χ4v) is 5.88. The fourth-order valence-electron chi connectivity index (χ4n) is 3.65. The minimum atomic E-state index is -4.23. The van der Waals surface area contributed by atoms with E-state index in [4.69, 9.17) is 46.4 Å². The number of sulfonamides is 1. The normalized spacial score (nSPS) is 12.1. The van der Waals surface area contributed by atoms with Crippen LogP contribution in [0, 0.1) is 0 Å². The number of hydrogen-bond acceptors (Lipinski definition) is 4. The first-order chi connectivity index (χ1) is 18.0. The van der Waals surface area contributed by atoms with E-state index in [9.17, 15) is 18.0 Å². The summed E-state index contributed by atoms with van der Waals surface area (Å²) in [5.74, 6) is -1.08. The highest BCUT2D eigenvalue weighted by Gasteiger charge is 2.33. The van der Waals surface area contributed by atoms with Crippen LogP contribution in [0.25, 0.3) is 0 Å². The summed E-state index contributed by atoms with van der Waals surface area (Å²) < 4.78 is 28.4. The quantitative estimate of drug-likeness (QED) is 0.300. The second-order valence-electron chi connectivity index (χ2n) is 8.22. The van der Waals surface area contributed by atoms with Crippen molar-refractivity contribution in [2.75, 3.05) is 17.4 Å². The van der Waals surface area contributed by atoms with Gasteiger partial charge in [0.1, 0.15) is 12.6 Å². The predicted molar refractivity (Wildman–Crippen MR) is 153 cm³/mol. The van der Waals surface area contributed by atoms with E-state index in [0.717, 1.165) is 4.31 Å². The van der Waals surface area contributed by atoms with Crippen molar-refractivity contribution in [2.45, 2.75) is 31.3 Å². The van der Waals surface area contributed by atoms with E-state index < -0.39 is 34.4 Å². The summed E-state index contributed by atoms with van der Waals surface area (Å²) in [4.78, 5) is 27.8. The molecular formula is C26H25Cl4N3O4S. The predicted octanol–water partition coefficient (Wildman–Crippen LogP) is 6.05. The lowest BCUT2D eigenvalue weighted by Crippen LogP contribution is -2.51. The van der Waals surface area contributed by atoms with Gasteiger partial charge in [-0.05, 0) is 56.3 Å². The Labute approximate surface area is 242 Å². The molecule has 0 heterocycles. The first kappa shape index (κ1) is 30.1. The third-order valence-electron chi connectivity index (χ3n) is 5.71. The molecule has 1 N–H and O–H groups in total. The van der Waals surface area contributed by atoms with Gasteiger partial charge < -0.3 is 10.2 Å². The molecule has 0 aliphatic rings. The molecule has 2 amide bonds. The summed E-state index contributed by atoms with van der Waals surface area (Å²) in [5.41, 5.74) is 0.547. The molecule has 0 radical (unpaired) electrons. The average Bonchev–Trinajstić information content (AvgIpc) is 2.89. The van der Waals surface area contributed by atoms with Crippen LogP contribution in [-0.4, -0.2) is 44.3 Å². The molecule has 0 saturated carbocycles. The van der Waals surface area contributed by atoms with Gasteiger partial charge in [-0.1, -0.05) is 70.7 Å². The maximum absolute atomic E-state index is 13.8. The molecule has 0 fully saturated rings. The standard InChI is InChI=1S/C26H25Cl4N3O4S/c1-3-31-26(35)17(2)32(15-20-21(27)10-7-11-22(20)28)25(34)16-33(18-12-13-23(29)24(30)14-18)38(36,37)19-8-5-4-6-9-19/h4-14,17H,3,15-16H2,1-2H3,(H,31,35)/t17-/m1/s1. The molecule has 3 rings (SSSR count). The van der Waals surface area contributed by atoms with Gasteiger partial charge in [0.05, 0.1) is 20.6 Å². The zero-order chi connectivity index (χ0) is 28.0. The van der Waals surface area contributed by atoms with Crippen molar-refractivity contribution in [1.29, 1.82) is 0 Å². The number of carbonyl (C=O) groups is 2. The number of carbonyl (C=O) groups excluding carboxylic acids is 2. The fraction of sp³-hybridized carbons (Fsp3) is 0.231. The van der Waals surface area contributed by atoms with Gasteiger partial charge in [0.15, 0.2) is 0 Å². The van der Waals surface area contributed by atoms with Crippen molar-refractivity contribution < 1.29 is 18.0 Å². The number of benzene rings is 3. The summed E-state index contributed by atoms with van der Waals surface area (Å²) in [6.45, 7) is 2.87. The molecule has 0 saturated heterocycles. The summed E-state index contributed by atoms with van der Waals surface area (Å²) in [6, 6.07) is 15.8. The Morgan fingerprint density at radius 2 is 1.50 bits per heavy atom. The molecular weight excluding hydrogens is 592 g/mol. The maximum Gasteiger partial charge on any atom is 0.264 e. The highest BCUT2D eigenvalue weighted by atomic mass is 35.5. The molecule has 202 valence electrons. The lowest BCUT2D eigenvalue weighted by atomic mass is 10.1. The Bertz CT molecular complexity index is 1400. The van der Waals surface area contributed by atoms with Crippen molar-refractivity contribution in [2.24, 2.45) is 0 Å². The summed E-state index contributed by atoms with van der Waals surface area (Å²) in [5, 5.41) is 3.62. The van der Waals surface area contributed by atoms with Gasteiger partial charge in [-0.15, -0.1) is 0 Å². The van der Waals surface area contributed by atoms with E-state index in [1.807, 2.05) is 0 Å². The van der Waals surface area contributed by atoms with Crippen molar-refractivity contribution in [3.63, 3.8) is 0 Å². The highest BCUT2D eigenvalue weighted by molar-refractivity contribution is 7.92. The van der Waals surface area contributed by atoms with Crippen LogP contribution in [-0.2, 0) is 26.2 Å². The zero-order valence-electron chi connectivity index (χ0n) is 20.5. The Kier molecular flexibility index (Phi) is 10.3. The third-order valence-corrected chi connectivity index (χ3v) is 8.95. The first-order valence-electron chi connectivity index (χ1n) is 11.5. The van der Waals surface area contributed by atoms with Gasteiger partial charge in [-0.25, -0.2) is 8.42 Å². The lowest BCUT2D eigenvalue weighted by molar-refractivity contribution is -0.139. The molecule has 0 bridgehead atoms. The number of nitrogens with zero attached hydrogens (tertiary/aromatic N) is 2. The van der Waals surface area contributed by atoms with Crippen LogP contribution in [0.15, 0.2) is 71.6 Å². The number of hydrogen-bond donors (Lipinski definition) is 1. The SMILES string of the molecule is CCNC(=O)[C@@H](C)N(Cc1c(Cl)cccc1Cl)C(=O)CN(c1ccc(Cl)c(Cl)c1)S(=O)(=O)c1ccccc1. The van der Waals surface area contributed by atoms with Crippen molar-refractivity contribution in [1.82, 2.24) is 10.2 Å². The molecule has 0 aliphatic carbocycles. The van der Waals surface area contributed by atoms with Crippen LogP contribution in [0.4, 0.5) is 5.69 Å². The van der Waals surface area contributed by atoms with E-state index in [1.165, 1.54) is 35.2 Å². The molecule has 7 nitrogen and oxygen atoms in total. The molecule has 12 heteroatoms. The Balaban J connectivity index is 2.08. The number of amides is 2. The van der Waals surface area contributed by atoms with Gasteiger partial charge in [0.2, 0.25) is 11.8 Å². The highest BCUT2D eigenvalue weighted by Crippen LogP contribution is 2.31. The van der Waals surface area contributed by atoms with E-state index in [-0.39, 0.29) is 27.2 Å². The van der Waals surface area contributed by atoms with E-state index in [1.54, 1.807) is 50.2 Å². The molecule has 0 unspecified atom stereocenters. The van der Waals surface area contributed by atoms with E-state index in [2.05, 4.69) is 5.32 Å². The number of anilines is 1. The van der Waals surface area contributed by atoms with Crippen LogP contribution >= 0.6 is 46.4 Å². The zero-order valence-corrected chi connectivity index (χ0v) is 24.3. The number of likely N-dealkylation sites (N-methyl/N-ethyl adjacent to an activating group) is 1. The molecule has 0 spiro atoms. The average molecular weight is 617 g/mol.